The number of tetrazole rings is 1. The fraction of sp³-hybridized carbons (Fsp3) is 0.333. The average Bonchev–Trinajstić information content (AvgIpc) is 2.77. The molecule has 0 aliphatic carbocycles. The van der Waals surface area contributed by atoms with Crippen LogP contribution >= 0.6 is 0 Å². The third-order valence-corrected chi connectivity index (χ3v) is 2.76. The van der Waals surface area contributed by atoms with Crippen LogP contribution in [0.3, 0.4) is 0 Å². The lowest BCUT2D eigenvalue weighted by molar-refractivity contribution is -0.147. The lowest BCUT2D eigenvalue weighted by Crippen LogP contribution is -2.30. The van der Waals surface area contributed by atoms with Crippen molar-refractivity contribution < 1.29 is 14.3 Å². The van der Waals surface area contributed by atoms with Gasteiger partial charge in [0.1, 0.15) is 5.82 Å². The zero-order valence-corrected chi connectivity index (χ0v) is 10.5. The van der Waals surface area contributed by atoms with E-state index in [-0.39, 0.29) is 12.4 Å². The highest BCUT2D eigenvalue weighted by Crippen LogP contribution is 2.22. The van der Waals surface area contributed by atoms with E-state index >= 15 is 0 Å². The Morgan fingerprint density at radius 3 is 2.58 bits per heavy atom. The summed E-state index contributed by atoms with van der Waals surface area (Å²) in [6, 6.07) is 5.70. The highest BCUT2D eigenvalue weighted by molar-refractivity contribution is 5.73. The number of carbonyl (C=O) groups is 1. The molecule has 0 aliphatic rings. The predicted octanol–water partition coefficient (Wildman–Crippen LogP) is 1.59. The first kappa shape index (κ1) is 13.1. The van der Waals surface area contributed by atoms with Crippen LogP contribution in [0.4, 0.5) is 4.39 Å². The molecule has 0 aliphatic heterocycles. The monoisotopic (exact) mass is 264 g/mol. The van der Waals surface area contributed by atoms with Gasteiger partial charge in [-0.3, -0.25) is 4.79 Å². The summed E-state index contributed by atoms with van der Waals surface area (Å²) in [6.45, 7) is 3.30. The second-order valence-electron chi connectivity index (χ2n) is 4.86. The van der Waals surface area contributed by atoms with Crippen LogP contribution in [0.15, 0.2) is 24.3 Å². The van der Waals surface area contributed by atoms with Gasteiger partial charge in [0, 0.05) is 5.56 Å². The summed E-state index contributed by atoms with van der Waals surface area (Å²) in [6.07, 6.45) is 0. The summed E-state index contributed by atoms with van der Waals surface area (Å²) in [7, 11) is 0. The highest BCUT2D eigenvalue weighted by atomic mass is 19.1. The number of nitrogens with zero attached hydrogens (tertiary/aromatic N) is 4. The van der Waals surface area contributed by atoms with E-state index < -0.39 is 11.4 Å². The minimum Gasteiger partial charge on any atom is -0.481 e. The summed E-state index contributed by atoms with van der Waals surface area (Å²) in [4.78, 5) is 11.1. The SMILES string of the molecule is CC(C)(Cn1nnnc1-c1ccc(F)cc1)C(=O)O. The molecule has 0 bridgehead atoms. The van der Waals surface area contributed by atoms with E-state index in [1.165, 1.54) is 16.8 Å². The Balaban J connectivity index is 2.33. The number of rotatable bonds is 4. The van der Waals surface area contributed by atoms with Crippen LogP contribution in [0.25, 0.3) is 11.4 Å². The quantitative estimate of drug-likeness (QED) is 0.906. The minimum atomic E-state index is -0.996. The van der Waals surface area contributed by atoms with Crippen molar-refractivity contribution in [1.82, 2.24) is 20.2 Å². The zero-order valence-electron chi connectivity index (χ0n) is 10.5. The van der Waals surface area contributed by atoms with E-state index in [1.54, 1.807) is 26.0 Å². The number of aromatic nitrogens is 4. The minimum absolute atomic E-state index is 0.127. The van der Waals surface area contributed by atoms with Crippen molar-refractivity contribution in [3.8, 4) is 11.4 Å². The second kappa shape index (κ2) is 4.75. The van der Waals surface area contributed by atoms with Crippen LogP contribution in [0, 0.1) is 11.2 Å². The summed E-state index contributed by atoms with van der Waals surface area (Å²) < 4.78 is 14.3. The Morgan fingerprint density at radius 1 is 1.37 bits per heavy atom. The number of carboxylic acid groups (broad SMARTS) is 1. The molecule has 1 N–H and O–H groups in total. The molecule has 7 heteroatoms. The standard InChI is InChI=1S/C12H13FN4O2/c1-12(2,11(18)19)7-17-10(14-15-16-17)8-3-5-9(13)6-4-8/h3-6H,7H2,1-2H3,(H,18,19). The van der Waals surface area contributed by atoms with Gasteiger partial charge in [0.15, 0.2) is 5.82 Å². The Hall–Kier alpha value is -2.31. The summed E-state index contributed by atoms with van der Waals surface area (Å²) in [5.74, 6) is -0.879. The highest BCUT2D eigenvalue weighted by Gasteiger charge is 2.29. The molecular weight excluding hydrogens is 251 g/mol. The molecule has 0 unspecified atom stereocenters. The maximum absolute atomic E-state index is 12.9. The van der Waals surface area contributed by atoms with E-state index in [1.807, 2.05) is 0 Å². The third kappa shape index (κ3) is 2.75. The van der Waals surface area contributed by atoms with Crippen LogP contribution in [-0.4, -0.2) is 31.3 Å². The maximum Gasteiger partial charge on any atom is 0.310 e. The lowest BCUT2D eigenvalue weighted by atomic mass is 9.94. The number of aliphatic carboxylic acids is 1. The molecule has 100 valence electrons. The molecule has 19 heavy (non-hydrogen) atoms. The van der Waals surface area contributed by atoms with E-state index in [0.29, 0.717) is 11.4 Å². The van der Waals surface area contributed by atoms with E-state index in [2.05, 4.69) is 15.5 Å². The predicted molar refractivity (Wildman–Crippen MR) is 64.6 cm³/mol. The lowest BCUT2D eigenvalue weighted by Gasteiger charge is -2.19. The molecule has 0 spiro atoms. The first-order valence-electron chi connectivity index (χ1n) is 5.66. The van der Waals surface area contributed by atoms with Crippen molar-refractivity contribution in [2.75, 3.05) is 0 Å². The molecule has 0 saturated heterocycles. The second-order valence-corrected chi connectivity index (χ2v) is 4.86. The van der Waals surface area contributed by atoms with Gasteiger partial charge in [-0.05, 0) is 48.5 Å². The molecule has 0 atom stereocenters. The van der Waals surface area contributed by atoms with E-state index in [4.69, 9.17) is 5.11 Å². The molecule has 1 aromatic carbocycles. The number of carboxylic acids is 1. The Kier molecular flexibility index (Phi) is 3.28. The van der Waals surface area contributed by atoms with Crippen LogP contribution in [-0.2, 0) is 11.3 Å². The Bertz CT molecular complexity index is 592. The first-order chi connectivity index (χ1) is 8.90. The number of hydrogen-bond acceptors (Lipinski definition) is 4. The van der Waals surface area contributed by atoms with Crippen molar-refractivity contribution in [3.63, 3.8) is 0 Å². The fourth-order valence-electron chi connectivity index (χ4n) is 1.56. The number of halogens is 1. The van der Waals surface area contributed by atoms with Crippen molar-refractivity contribution in [3.05, 3.63) is 30.1 Å². The summed E-state index contributed by atoms with van der Waals surface area (Å²) >= 11 is 0. The maximum atomic E-state index is 12.9. The molecule has 1 aromatic heterocycles. The largest absolute Gasteiger partial charge is 0.481 e. The van der Waals surface area contributed by atoms with E-state index in [9.17, 15) is 9.18 Å². The van der Waals surface area contributed by atoms with Crippen molar-refractivity contribution in [2.45, 2.75) is 20.4 Å². The van der Waals surface area contributed by atoms with Crippen LogP contribution in [0.5, 0.6) is 0 Å². The normalized spacial score (nSPS) is 11.5. The molecule has 2 aromatic rings. The van der Waals surface area contributed by atoms with Crippen molar-refractivity contribution in [1.29, 1.82) is 0 Å². The third-order valence-electron chi connectivity index (χ3n) is 2.76. The van der Waals surface area contributed by atoms with Gasteiger partial charge in [-0.25, -0.2) is 9.07 Å². The van der Waals surface area contributed by atoms with Gasteiger partial charge in [-0.15, -0.1) is 5.10 Å². The van der Waals surface area contributed by atoms with E-state index in [0.717, 1.165) is 0 Å². The summed E-state index contributed by atoms with van der Waals surface area (Å²) in [5.41, 5.74) is -0.364. The Morgan fingerprint density at radius 2 is 2.00 bits per heavy atom. The van der Waals surface area contributed by atoms with Crippen LogP contribution in [0.2, 0.25) is 0 Å². The smallest absolute Gasteiger partial charge is 0.310 e. The number of hydrogen-bond donors (Lipinski definition) is 1. The van der Waals surface area contributed by atoms with Crippen LogP contribution < -0.4 is 0 Å². The van der Waals surface area contributed by atoms with Gasteiger partial charge in [0.05, 0.1) is 12.0 Å². The van der Waals surface area contributed by atoms with Gasteiger partial charge in [-0.1, -0.05) is 0 Å². The molecule has 0 radical (unpaired) electrons. The topological polar surface area (TPSA) is 80.9 Å². The first-order valence-corrected chi connectivity index (χ1v) is 5.66. The zero-order chi connectivity index (χ0) is 14.0. The van der Waals surface area contributed by atoms with Gasteiger partial charge < -0.3 is 5.11 Å². The molecule has 1 heterocycles. The van der Waals surface area contributed by atoms with Crippen LogP contribution in [0.1, 0.15) is 13.8 Å². The van der Waals surface area contributed by atoms with Crippen molar-refractivity contribution >= 4 is 5.97 Å². The molecule has 0 amide bonds. The van der Waals surface area contributed by atoms with Gasteiger partial charge in [0.2, 0.25) is 0 Å². The average molecular weight is 264 g/mol. The summed E-state index contributed by atoms with van der Waals surface area (Å²) in [5, 5.41) is 20.3. The Labute approximate surface area is 108 Å². The molecule has 0 saturated carbocycles. The molecule has 0 fully saturated rings. The molecular formula is C12H13FN4O2. The molecule has 2 rings (SSSR count). The number of benzene rings is 1. The molecule has 6 nitrogen and oxygen atoms in total. The van der Waals surface area contributed by atoms with Gasteiger partial charge >= 0.3 is 5.97 Å². The van der Waals surface area contributed by atoms with Gasteiger partial charge in [0.25, 0.3) is 0 Å². The fourth-order valence-corrected chi connectivity index (χ4v) is 1.56. The van der Waals surface area contributed by atoms with Gasteiger partial charge in [-0.2, -0.15) is 0 Å². The van der Waals surface area contributed by atoms with Crippen molar-refractivity contribution in [2.24, 2.45) is 5.41 Å².